The van der Waals surface area contributed by atoms with Crippen molar-refractivity contribution in [2.75, 3.05) is 44.2 Å². The number of carbonyl (C=O) groups excluding carboxylic acids is 2. The average molecular weight is 407 g/mol. The number of anilines is 1. The molecule has 0 spiro atoms. The zero-order valence-corrected chi connectivity index (χ0v) is 17.2. The lowest BCUT2D eigenvalue weighted by atomic mass is 10.0. The van der Waals surface area contributed by atoms with Gasteiger partial charge in [-0.1, -0.05) is 6.08 Å². The highest BCUT2D eigenvalue weighted by atomic mass is 16.6. The number of amides is 2. The van der Waals surface area contributed by atoms with Gasteiger partial charge < -0.3 is 15.0 Å². The fourth-order valence-corrected chi connectivity index (χ4v) is 4.18. The van der Waals surface area contributed by atoms with Crippen molar-refractivity contribution in [3.05, 3.63) is 52.7 Å². The largest absolute Gasteiger partial charge is 0.447 e. The highest BCUT2D eigenvalue weighted by molar-refractivity contribution is 5.98. The Morgan fingerprint density at radius 2 is 1.97 bits per heavy atom. The number of dihydropyridines is 1. The molecule has 8 heteroatoms. The molecule has 30 heavy (non-hydrogen) atoms. The molecule has 2 fully saturated rings. The molecule has 1 unspecified atom stereocenters. The van der Waals surface area contributed by atoms with E-state index in [1.54, 1.807) is 23.1 Å². The van der Waals surface area contributed by atoms with Gasteiger partial charge in [0.1, 0.15) is 18.8 Å². The number of ether oxygens (including phenoxy) is 1. The summed E-state index contributed by atoms with van der Waals surface area (Å²) in [5.41, 5.74) is 3.68. The van der Waals surface area contributed by atoms with Crippen molar-refractivity contribution in [3.63, 3.8) is 0 Å². The summed E-state index contributed by atoms with van der Waals surface area (Å²) >= 11 is 0. The van der Waals surface area contributed by atoms with E-state index in [1.165, 1.54) is 16.0 Å². The van der Waals surface area contributed by atoms with E-state index in [1.807, 2.05) is 6.20 Å². The number of hydrogen-bond acceptors (Lipinski definition) is 6. The number of cyclic esters (lactones) is 1. The standard InChI is InChI=1S/C22H25N5O3/c1-15-11-16(2)20(24-14-15)25-5-7-26(8-6-25)21(28)19-4-3-18(12-17(19)13-23)27-9-10-30-22(27)29/h3-4,11-12,14,20,24H,5-10H2,1-2H3. The molecule has 0 saturated carbocycles. The van der Waals surface area contributed by atoms with Gasteiger partial charge in [0.15, 0.2) is 0 Å². The molecule has 0 aliphatic carbocycles. The number of allylic oxidation sites excluding steroid dienone is 2. The Balaban J connectivity index is 1.44. The van der Waals surface area contributed by atoms with Gasteiger partial charge in [0.2, 0.25) is 0 Å². The van der Waals surface area contributed by atoms with Gasteiger partial charge in [0.05, 0.1) is 17.7 Å². The predicted octanol–water partition coefficient (Wildman–Crippen LogP) is 2.05. The van der Waals surface area contributed by atoms with E-state index < -0.39 is 6.09 Å². The van der Waals surface area contributed by atoms with Crippen LogP contribution >= 0.6 is 0 Å². The van der Waals surface area contributed by atoms with Crippen molar-refractivity contribution in [2.45, 2.75) is 20.0 Å². The molecule has 3 aliphatic heterocycles. The quantitative estimate of drug-likeness (QED) is 0.825. The Morgan fingerprint density at radius 3 is 2.60 bits per heavy atom. The highest BCUT2D eigenvalue weighted by Crippen LogP contribution is 2.24. The zero-order chi connectivity index (χ0) is 21.3. The SMILES string of the molecule is CC1=CNC(N2CCN(C(=O)c3ccc(N4CCOC4=O)cc3C#N)CC2)C(C)=C1. The number of benzene rings is 1. The van der Waals surface area contributed by atoms with E-state index in [0.717, 1.165) is 13.1 Å². The number of rotatable bonds is 3. The summed E-state index contributed by atoms with van der Waals surface area (Å²) in [6.07, 6.45) is 3.92. The van der Waals surface area contributed by atoms with Gasteiger partial charge in [-0.15, -0.1) is 0 Å². The normalized spacial score (nSPS) is 22.0. The van der Waals surface area contributed by atoms with Crippen LogP contribution in [0.3, 0.4) is 0 Å². The molecule has 2 saturated heterocycles. The molecule has 0 bridgehead atoms. The maximum Gasteiger partial charge on any atom is 0.414 e. The van der Waals surface area contributed by atoms with Gasteiger partial charge in [-0.05, 0) is 43.2 Å². The third-order valence-electron chi connectivity index (χ3n) is 5.75. The average Bonchev–Trinajstić information content (AvgIpc) is 3.19. The van der Waals surface area contributed by atoms with Gasteiger partial charge in [-0.2, -0.15) is 5.26 Å². The number of nitrogens with one attached hydrogen (secondary N) is 1. The summed E-state index contributed by atoms with van der Waals surface area (Å²) in [5, 5.41) is 13.0. The Kier molecular flexibility index (Phi) is 5.46. The minimum absolute atomic E-state index is 0.152. The van der Waals surface area contributed by atoms with Crippen LogP contribution in [0.25, 0.3) is 0 Å². The third kappa shape index (κ3) is 3.76. The Hall–Kier alpha value is -3.31. The molecular formula is C22H25N5O3. The second-order valence-corrected chi connectivity index (χ2v) is 7.78. The molecule has 1 N–H and O–H groups in total. The molecule has 1 aromatic rings. The van der Waals surface area contributed by atoms with Gasteiger partial charge in [-0.3, -0.25) is 14.6 Å². The van der Waals surface area contributed by atoms with Crippen molar-refractivity contribution in [1.29, 1.82) is 5.26 Å². The Morgan fingerprint density at radius 1 is 1.20 bits per heavy atom. The first kappa shape index (κ1) is 20.0. The lowest BCUT2D eigenvalue weighted by Gasteiger charge is -2.40. The van der Waals surface area contributed by atoms with Crippen LogP contribution in [0.1, 0.15) is 29.8 Å². The summed E-state index contributed by atoms with van der Waals surface area (Å²) in [6.45, 7) is 7.64. The van der Waals surface area contributed by atoms with Crippen molar-refractivity contribution < 1.29 is 14.3 Å². The van der Waals surface area contributed by atoms with E-state index in [2.05, 4.69) is 36.2 Å². The van der Waals surface area contributed by atoms with E-state index in [-0.39, 0.29) is 17.6 Å². The molecular weight excluding hydrogens is 382 g/mol. The third-order valence-corrected chi connectivity index (χ3v) is 5.75. The zero-order valence-electron chi connectivity index (χ0n) is 17.2. The first-order valence-corrected chi connectivity index (χ1v) is 10.1. The van der Waals surface area contributed by atoms with E-state index >= 15 is 0 Å². The van der Waals surface area contributed by atoms with Crippen molar-refractivity contribution in [1.82, 2.24) is 15.1 Å². The predicted molar refractivity (Wildman–Crippen MR) is 112 cm³/mol. The van der Waals surface area contributed by atoms with Crippen LogP contribution in [-0.4, -0.2) is 67.3 Å². The molecule has 0 radical (unpaired) electrons. The van der Waals surface area contributed by atoms with Crippen molar-refractivity contribution in [2.24, 2.45) is 0 Å². The lowest BCUT2D eigenvalue weighted by molar-refractivity contribution is 0.0578. The topological polar surface area (TPSA) is 88.9 Å². The number of carbonyl (C=O) groups is 2. The van der Waals surface area contributed by atoms with Crippen LogP contribution in [0.5, 0.6) is 0 Å². The summed E-state index contributed by atoms with van der Waals surface area (Å²) in [4.78, 5) is 30.4. The summed E-state index contributed by atoms with van der Waals surface area (Å²) in [5.74, 6) is -0.152. The van der Waals surface area contributed by atoms with Crippen LogP contribution in [0.2, 0.25) is 0 Å². The molecule has 156 valence electrons. The molecule has 3 aliphatic rings. The first-order valence-electron chi connectivity index (χ1n) is 10.1. The summed E-state index contributed by atoms with van der Waals surface area (Å²) in [6, 6.07) is 7.03. The molecule has 2 amide bonds. The number of nitriles is 1. The van der Waals surface area contributed by atoms with Crippen LogP contribution in [0.15, 0.2) is 41.6 Å². The molecule has 3 heterocycles. The molecule has 1 aromatic carbocycles. The highest BCUT2D eigenvalue weighted by Gasteiger charge is 2.30. The lowest BCUT2D eigenvalue weighted by Crippen LogP contribution is -2.55. The van der Waals surface area contributed by atoms with Gasteiger partial charge >= 0.3 is 6.09 Å². The Labute approximate surface area is 176 Å². The van der Waals surface area contributed by atoms with E-state index in [4.69, 9.17) is 4.74 Å². The maximum absolute atomic E-state index is 13.1. The van der Waals surface area contributed by atoms with E-state index in [0.29, 0.717) is 37.5 Å². The second kappa shape index (κ2) is 8.20. The summed E-state index contributed by atoms with van der Waals surface area (Å²) in [7, 11) is 0. The number of piperazine rings is 1. The number of hydrogen-bond donors (Lipinski definition) is 1. The van der Waals surface area contributed by atoms with Crippen LogP contribution in [0.4, 0.5) is 10.5 Å². The van der Waals surface area contributed by atoms with Gasteiger partial charge in [0.25, 0.3) is 5.91 Å². The van der Waals surface area contributed by atoms with Crippen molar-refractivity contribution in [3.8, 4) is 6.07 Å². The van der Waals surface area contributed by atoms with Crippen LogP contribution < -0.4 is 10.2 Å². The van der Waals surface area contributed by atoms with E-state index in [9.17, 15) is 14.9 Å². The Bertz CT molecular complexity index is 969. The molecule has 1 atom stereocenters. The van der Waals surface area contributed by atoms with Crippen LogP contribution in [-0.2, 0) is 4.74 Å². The van der Waals surface area contributed by atoms with Gasteiger partial charge in [-0.25, -0.2) is 4.79 Å². The fraction of sp³-hybridized carbons (Fsp3) is 0.409. The smallest absolute Gasteiger partial charge is 0.414 e. The minimum Gasteiger partial charge on any atom is -0.447 e. The second-order valence-electron chi connectivity index (χ2n) is 7.78. The monoisotopic (exact) mass is 407 g/mol. The maximum atomic E-state index is 13.1. The first-order chi connectivity index (χ1) is 14.5. The number of nitrogens with zero attached hydrogens (tertiary/aromatic N) is 4. The molecule has 0 aromatic heterocycles. The van der Waals surface area contributed by atoms with Crippen LogP contribution in [0, 0.1) is 11.3 Å². The summed E-state index contributed by atoms with van der Waals surface area (Å²) < 4.78 is 4.95. The molecule has 8 nitrogen and oxygen atoms in total. The molecule has 4 rings (SSSR count). The van der Waals surface area contributed by atoms with Crippen molar-refractivity contribution >= 4 is 17.7 Å². The van der Waals surface area contributed by atoms with Gasteiger partial charge in [0, 0.05) is 38.1 Å². The minimum atomic E-state index is -0.431. The fourth-order valence-electron chi connectivity index (χ4n) is 4.18.